The van der Waals surface area contributed by atoms with Gasteiger partial charge in [0.05, 0.1) is 0 Å². The van der Waals surface area contributed by atoms with Crippen LogP contribution in [0.1, 0.15) is 29.2 Å². The Bertz CT molecular complexity index is 1080. The van der Waals surface area contributed by atoms with Gasteiger partial charge in [0, 0.05) is 0 Å². The minimum Gasteiger partial charge on any atom is -0.0984 e. The molecule has 0 amide bonds. The van der Waals surface area contributed by atoms with Crippen molar-refractivity contribution in [1.29, 1.82) is 0 Å². The van der Waals surface area contributed by atoms with E-state index >= 15 is 0 Å². The van der Waals surface area contributed by atoms with Crippen LogP contribution in [-0.2, 0) is 0 Å². The first-order valence-electron chi connectivity index (χ1n) is 7.92. The van der Waals surface area contributed by atoms with Crippen LogP contribution in [-0.4, -0.2) is 0 Å². The maximum absolute atomic E-state index is 4.36. The van der Waals surface area contributed by atoms with Crippen molar-refractivity contribution in [3.63, 3.8) is 0 Å². The van der Waals surface area contributed by atoms with Crippen LogP contribution < -0.4 is 10.4 Å². The highest BCUT2D eigenvalue weighted by molar-refractivity contribution is 6.12. The van der Waals surface area contributed by atoms with Crippen molar-refractivity contribution >= 4 is 46.9 Å². The lowest BCUT2D eigenvalue weighted by atomic mass is 9.89. The van der Waals surface area contributed by atoms with Gasteiger partial charge < -0.3 is 0 Å². The van der Waals surface area contributed by atoms with E-state index in [9.17, 15) is 0 Å². The van der Waals surface area contributed by atoms with Crippen molar-refractivity contribution in [2.75, 3.05) is 0 Å². The summed E-state index contributed by atoms with van der Waals surface area (Å²) in [6, 6.07) is 8.75. The van der Waals surface area contributed by atoms with Crippen LogP contribution in [0.5, 0.6) is 0 Å². The van der Waals surface area contributed by atoms with E-state index in [4.69, 9.17) is 0 Å². The summed E-state index contributed by atoms with van der Waals surface area (Å²) in [6.45, 7) is 19.0. The third kappa shape index (κ3) is 2.14. The average molecular weight is 298 g/mol. The van der Waals surface area contributed by atoms with Gasteiger partial charge in [0.15, 0.2) is 0 Å². The Morgan fingerprint density at radius 1 is 0.783 bits per heavy atom. The second kappa shape index (κ2) is 5.55. The van der Waals surface area contributed by atoms with E-state index in [0.717, 1.165) is 16.0 Å². The zero-order valence-electron chi connectivity index (χ0n) is 14.2. The second-order valence-electron chi connectivity index (χ2n) is 6.10. The summed E-state index contributed by atoms with van der Waals surface area (Å²) in [5, 5.41) is 6.86. The van der Waals surface area contributed by atoms with Crippen molar-refractivity contribution < 1.29 is 0 Å². The van der Waals surface area contributed by atoms with Crippen LogP contribution in [0.2, 0.25) is 0 Å². The molecule has 0 bridgehead atoms. The van der Waals surface area contributed by atoms with Crippen molar-refractivity contribution in [2.45, 2.75) is 20.8 Å². The summed E-state index contributed by atoms with van der Waals surface area (Å²) in [6.07, 6.45) is 6.18. The summed E-state index contributed by atoms with van der Waals surface area (Å²) in [5.74, 6) is 0. The van der Waals surface area contributed by atoms with Gasteiger partial charge >= 0.3 is 0 Å². The van der Waals surface area contributed by atoms with Gasteiger partial charge in [-0.25, -0.2) is 0 Å². The van der Waals surface area contributed by atoms with E-state index in [2.05, 4.69) is 70.0 Å². The molecule has 23 heavy (non-hydrogen) atoms. The molecule has 0 aromatic heterocycles. The fourth-order valence-electron chi connectivity index (χ4n) is 3.49. The molecule has 0 saturated carbocycles. The van der Waals surface area contributed by atoms with E-state index in [1.54, 1.807) is 0 Å². The highest BCUT2D eigenvalue weighted by atomic mass is 14.1. The highest BCUT2D eigenvalue weighted by Crippen LogP contribution is 2.29. The second-order valence-corrected chi connectivity index (χ2v) is 6.10. The van der Waals surface area contributed by atoms with Crippen LogP contribution in [0.25, 0.3) is 46.9 Å². The first-order chi connectivity index (χ1) is 11.0. The van der Waals surface area contributed by atoms with Crippen LogP contribution >= 0.6 is 0 Å². The first-order valence-corrected chi connectivity index (χ1v) is 7.92. The maximum atomic E-state index is 4.36. The minimum absolute atomic E-state index is 1.00. The molecular formula is C23H22. The normalized spacial score (nSPS) is 11.6. The molecule has 0 N–H and O–H groups in total. The third-order valence-electron chi connectivity index (χ3n) is 4.72. The van der Waals surface area contributed by atoms with Gasteiger partial charge in [0.1, 0.15) is 0 Å². The average Bonchev–Trinajstić information content (AvgIpc) is 2.54. The predicted molar refractivity (Wildman–Crippen MR) is 106 cm³/mol. The lowest BCUT2D eigenvalue weighted by Crippen LogP contribution is -2.25. The van der Waals surface area contributed by atoms with Gasteiger partial charge in [-0.2, -0.15) is 0 Å². The molecule has 0 radical (unpaired) electrons. The monoisotopic (exact) mass is 298 g/mol. The molecule has 0 atom stereocenters. The summed E-state index contributed by atoms with van der Waals surface area (Å²) < 4.78 is 0. The highest BCUT2D eigenvalue weighted by Gasteiger charge is 2.11. The Balaban J connectivity index is 2.74. The molecule has 0 heteroatoms. The molecule has 3 aromatic carbocycles. The molecule has 0 fully saturated rings. The largest absolute Gasteiger partial charge is 0.0984 e. The number of fused-ring (bicyclic) bond motifs is 3. The number of hydrogen-bond acceptors (Lipinski definition) is 0. The zero-order chi connectivity index (χ0) is 16.7. The maximum Gasteiger partial charge on any atom is -0.00300 e. The van der Waals surface area contributed by atoms with Crippen LogP contribution in [0, 0.1) is 13.8 Å². The van der Waals surface area contributed by atoms with Crippen LogP contribution in [0.4, 0.5) is 0 Å². The first kappa shape index (κ1) is 15.3. The topological polar surface area (TPSA) is 0 Å². The molecular weight excluding hydrogens is 276 g/mol. The van der Waals surface area contributed by atoms with Crippen molar-refractivity contribution in [3.05, 3.63) is 69.6 Å². The van der Waals surface area contributed by atoms with Crippen molar-refractivity contribution in [1.82, 2.24) is 0 Å². The SMILES string of the molecule is C=Cc1c(C)ccc2c1c(=C)c(=C)c1c(/C=C\C)c(C)ccc12. The summed E-state index contributed by atoms with van der Waals surface area (Å²) >= 11 is 0. The van der Waals surface area contributed by atoms with E-state index < -0.39 is 0 Å². The predicted octanol–water partition coefficient (Wildman–Crippen LogP) is 5.11. The van der Waals surface area contributed by atoms with Gasteiger partial charge in [-0.15, -0.1) is 0 Å². The molecule has 0 aliphatic rings. The van der Waals surface area contributed by atoms with E-state index in [-0.39, 0.29) is 0 Å². The molecule has 0 aliphatic carbocycles. The molecule has 0 unspecified atom stereocenters. The van der Waals surface area contributed by atoms with Crippen molar-refractivity contribution in [2.24, 2.45) is 0 Å². The number of allylic oxidation sites excluding steroid dienone is 1. The Hall–Kier alpha value is -2.60. The van der Waals surface area contributed by atoms with E-state index in [1.165, 1.54) is 38.2 Å². The number of hydrogen-bond donors (Lipinski definition) is 0. The molecule has 0 aliphatic heterocycles. The quantitative estimate of drug-likeness (QED) is 0.577. The molecule has 0 saturated heterocycles. The Labute approximate surface area is 137 Å². The Morgan fingerprint density at radius 3 is 1.74 bits per heavy atom. The summed E-state index contributed by atoms with van der Waals surface area (Å²) in [4.78, 5) is 0. The Kier molecular flexibility index (Phi) is 3.69. The molecule has 0 spiro atoms. The molecule has 3 rings (SSSR count). The smallest absolute Gasteiger partial charge is 0.00300 e. The lowest BCUT2D eigenvalue weighted by Gasteiger charge is -2.14. The molecule has 0 heterocycles. The lowest BCUT2D eigenvalue weighted by molar-refractivity contribution is 1.45. The molecule has 114 valence electrons. The van der Waals surface area contributed by atoms with Gasteiger partial charge in [-0.3, -0.25) is 0 Å². The van der Waals surface area contributed by atoms with E-state index in [1.807, 2.05) is 13.0 Å². The fourth-order valence-corrected chi connectivity index (χ4v) is 3.49. The molecule has 0 nitrogen and oxygen atoms in total. The fraction of sp³-hybridized carbons (Fsp3) is 0.130. The van der Waals surface area contributed by atoms with Crippen LogP contribution in [0.3, 0.4) is 0 Å². The summed E-state index contributed by atoms with van der Waals surface area (Å²) in [5.41, 5.74) is 4.88. The Morgan fingerprint density at radius 2 is 1.26 bits per heavy atom. The number of rotatable bonds is 2. The zero-order valence-corrected chi connectivity index (χ0v) is 14.2. The standard InChI is InChI=1S/C23H22/c1-7-9-19-15(4)11-13-21-20-12-10-14(3)18(8-2)22(20)16(5)17(6)23(19)21/h7-13H,2,5-6H2,1,3-4H3/b9-7-. The van der Waals surface area contributed by atoms with Crippen molar-refractivity contribution in [3.8, 4) is 0 Å². The van der Waals surface area contributed by atoms with Crippen LogP contribution in [0.15, 0.2) is 36.9 Å². The van der Waals surface area contributed by atoms with Gasteiger partial charge in [0.2, 0.25) is 0 Å². The minimum atomic E-state index is 1.00. The van der Waals surface area contributed by atoms with E-state index in [0.29, 0.717) is 0 Å². The summed E-state index contributed by atoms with van der Waals surface area (Å²) in [7, 11) is 0. The van der Waals surface area contributed by atoms with Gasteiger partial charge in [-0.05, 0) is 75.0 Å². The number of benzene rings is 3. The third-order valence-corrected chi connectivity index (χ3v) is 4.72. The molecule has 3 aromatic rings. The van der Waals surface area contributed by atoms with Gasteiger partial charge in [0.25, 0.3) is 0 Å². The number of aryl methyl sites for hydroxylation is 2. The van der Waals surface area contributed by atoms with Gasteiger partial charge in [-0.1, -0.05) is 62.2 Å².